The molecule has 6 nitrogen and oxygen atoms in total. The summed E-state index contributed by atoms with van der Waals surface area (Å²) in [6.45, 7) is 9.02. The normalized spacial score (nSPS) is 10.9. The van der Waals surface area contributed by atoms with Gasteiger partial charge in [0.1, 0.15) is 17.4 Å². The Morgan fingerprint density at radius 1 is 0.977 bits per heavy atom. The van der Waals surface area contributed by atoms with Crippen molar-refractivity contribution in [3.63, 3.8) is 0 Å². The Morgan fingerprint density at radius 3 is 2.25 bits per heavy atom. The zero-order valence-electron chi connectivity index (χ0n) is 24.6. The molecule has 0 spiro atoms. The van der Waals surface area contributed by atoms with Crippen molar-refractivity contribution in [3.05, 3.63) is 93.0 Å². The highest BCUT2D eigenvalue weighted by atomic mass is 35.5. The van der Waals surface area contributed by atoms with E-state index in [1.54, 1.807) is 13.8 Å². The smallest absolute Gasteiger partial charge is 0.416 e. The fraction of sp³-hybridized carbons (Fsp3) is 0.281. The molecular weight excluding hydrogens is 609 g/mol. The number of esters is 1. The van der Waals surface area contributed by atoms with Crippen LogP contribution >= 0.6 is 11.6 Å². The van der Waals surface area contributed by atoms with Crippen molar-refractivity contribution < 1.29 is 45.8 Å². The Bertz CT molecular complexity index is 1620. The highest BCUT2D eigenvalue weighted by molar-refractivity contribution is 6.31. The first-order valence-corrected chi connectivity index (χ1v) is 13.5. The molecule has 0 saturated heterocycles. The van der Waals surface area contributed by atoms with Crippen LogP contribution in [0.15, 0.2) is 48.5 Å². The lowest BCUT2D eigenvalue weighted by atomic mass is 10.00. The number of nitrogens with one attached hydrogen (secondary N) is 1. The van der Waals surface area contributed by atoms with Gasteiger partial charge in [0, 0.05) is 28.8 Å². The summed E-state index contributed by atoms with van der Waals surface area (Å²) in [5.74, 6) is 0.735. The van der Waals surface area contributed by atoms with Crippen LogP contribution in [0.3, 0.4) is 0 Å². The van der Waals surface area contributed by atoms with Gasteiger partial charge in [-0.15, -0.1) is 0 Å². The van der Waals surface area contributed by atoms with Crippen LogP contribution in [-0.2, 0) is 20.5 Å². The van der Waals surface area contributed by atoms with Gasteiger partial charge in [-0.3, -0.25) is 14.4 Å². The third-order valence-corrected chi connectivity index (χ3v) is 5.82. The van der Waals surface area contributed by atoms with Gasteiger partial charge in [0.2, 0.25) is 0 Å². The van der Waals surface area contributed by atoms with Gasteiger partial charge >= 0.3 is 12.1 Å². The average molecular weight is 638 g/mol. The molecule has 0 aliphatic carbocycles. The summed E-state index contributed by atoms with van der Waals surface area (Å²) >= 11 is 5.96. The third-order valence-electron chi connectivity index (χ3n) is 5.59. The van der Waals surface area contributed by atoms with Gasteiger partial charge in [-0.1, -0.05) is 37.3 Å². The molecule has 0 heterocycles. The second-order valence-electron chi connectivity index (χ2n) is 9.49. The highest BCUT2D eigenvalue weighted by Gasteiger charge is 2.32. The van der Waals surface area contributed by atoms with Crippen LogP contribution in [0.1, 0.15) is 67.2 Å². The molecule has 44 heavy (non-hydrogen) atoms. The fourth-order valence-electron chi connectivity index (χ4n) is 3.69. The molecule has 3 aromatic rings. The van der Waals surface area contributed by atoms with E-state index in [0.29, 0.717) is 12.1 Å². The number of amides is 1. The number of ketones is 1. The molecule has 1 N–H and O–H groups in total. The maximum atomic E-state index is 14.9. The Morgan fingerprint density at radius 2 is 1.64 bits per heavy atom. The molecular formula is C32H29ClF5NO5. The van der Waals surface area contributed by atoms with Gasteiger partial charge in [-0.25, -0.2) is 8.78 Å². The number of benzene rings is 3. The first kappa shape index (κ1) is 35.8. The lowest BCUT2D eigenvalue weighted by Crippen LogP contribution is -2.24. The van der Waals surface area contributed by atoms with Crippen molar-refractivity contribution in [1.82, 2.24) is 0 Å². The summed E-state index contributed by atoms with van der Waals surface area (Å²) in [4.78, 5) is 36.8. The first-order chi connectivity index (χ1) is 20.5. The minimum atomic E-state index is -4.90. The fourth-order valence-corrected chi connectivity index (χ4v) is 3.87. The van der Waals surface area contributed by atoms with Crippen molar-refractivity contribution >= 4 is 34.9 Å². The minimum absolute atomic E-state index is 0.00248. The highest BCUT2D eigenvalue weighted by Crippen LogP contribution is 2.32. The van der Waals surface area contributed by atoms with Crippen LogP contribution in [0, 0.1) is 30.4 Å². The summed E-state index contributed by atoms with van der Waals surface area (Å²) in [6, 6.07) is 7.76. The Labute approximate surface area is 256 Å². The van der Waals surface area contributed by atoms with E-state index >= 15 is 0 Å². The van der Waals surface area contributed by atoms with Crippen LogP contribution in [0.5, 0.6) is 5.75 Å². The van der Waals surface area contributed by atoms with E-state index in [9.17, 15) is 36.3 Å². The van der Waals surface area contributed by atoms with Gasteiger partial charge < -0.3 is 14.8 Å². The minimum Gasteiger partial charge on any atom is -0.483 e. The predicted molar refractivity (Wildman–Crippen MR) is 156 cm³/mol. The molecule has 0 atom stereocenters. The van der Waals surface area contributed by atoms with E-state index < -0.39 is 58.8 Å². The Kier molecular flexibility index (Phi) is 12.1. The summed E-state index contributed by atoms with van der Waals surface area (Å²) in [5.41, 5.74) is -3.29. The predicted octanol–water partition coefficient (Wildman–Crippen LogP) is 7.91. The van der Waals surface area contributed by atoms with E-state index in [4.69, 9.17) is 21.1 Å². The van der Waals surface area contributed by atoms with Crippen LogP contribution in [0.2, 0.25) is 5.02 Å². The van der Waals surface area contributed by atoms with Crippen molar-refractivity contribution in [2.24, 2.45) is 0 Å². The number of rotatable bonds is 7. The van der Waals surface area contributed by atoms with Gasteiger partial charge in [0.15, 0.2) is 18.0 Å². The van der Waals surface area contributed by atoms with Crippen LogP contribution < -0.4 is 10.1 Å². The quantitative estimate of drug-likeness (QED) is 0.123. The van der Waals surface area contributed by atoms with E-state index in [1.807, 2.05) is 13.8 Å². The van der Waals surface area contributed by atoms with Crippen LogP contribution in [-0.4, -0.2) is 29.9 Å². The molecule has 0 saturated carbocycles. The summed E-state index contributed by atoms with van der Waals surface area (Å²) in [6.07, 6.45) is -4.90. The second kappa shape index (κ2) is 14.8. The van der Waals surface area contributed by atoms with Crippen LogP contribution in [0.25, 0.3) is 0 Å². The largest absolute Gasteiger partial charge is 0.483 e. The molecule has 1 amide bonds. The third kappa shape index (κ3) is 9.81. The lowest BCUT2D eigenvalue weighted by molar-refractivity contribution is -0.149. The standard InChI is InChI=1S/C30H23ClF5NO5.C2H6/c1-16-24(7-5-18(27(16)33)9-10-29(3,4)42-17(2)38)37-26(39)15-41-25-8-6-21(31)14-23(25)28(40)19-11-20(30(34,35)36)13-22(32)12-19;1-2/h5-8,11-14H,15H2,1-4H3,(H,37,39);1-2H3. The number of halogens is 6. The maximum absolute atomic E-state index is 14.9. The molecule has 3 rings (SSSR count). The number of hydrogen-bond acceptors (Lipinski definition) is 5. The van der Waals surface area contributed by atoms with Crippen molar-refractivity contribution in [1.29, 1.82) is 0 Å². The van der Waals surface area contributed by atoms with E-state index in [0.717, 1.165) is 6.07 Å². The number of carbonyl (C=O) groups is 3. The number of ether oxygens (including phenoxy) is 2. The number of anilines is 1. The molecule has 234 valence electrons. The lowest BCUT2D eigenvalue weighted by Gasteiger charge is -2.17. The van der Waals surface area contributed by atoms with Crippen LogP contribution in [0.4, 0.5) is 27.6 Å². The monoisotopic (exact) mass is 637 g/mol. The molecule has 3 aromatic carbocycles. The topological polar surface area (TPSA) is 81.7 Å². The molecule has 0 aliphatic rings. The van der Waals surface area contributed by atoms with Gasteiger partial charge in [0.05, 0.1) is 16.7 Å². The Balaban J connectivity index is 0.00000330. The van der Waals surface area contributed by atoms with Gasteiger partial charge in [-0.05, 0) is 69.3 Å². The molecule has 0 radical (unpaired) electrons. The first-order valence-electron chi connectivity index (χ1n) is 13.1. The van der Waals surface area contributed by atoms with Crippen molar-refractivity contribution in [2.45, 2.75) is 53.3 Å². The van der Waals surface area contributed by atoms with E-state index in [1.165, 1.54) is 38.1 Å². The van der Waals surface area contributed by atoms with E-state index in [2.05, 4.69) is 17.2 Å². The zero-order valence-corrected chi connectivity index (χ0v) is 25.4. The summed E-state index contributed by atoms with van der Waals surface area (Å²) < 4.78 is 78.7. The SMILES string of the molecule is CC.CC(=O)OC(C)(C)C#Cc1ccc(NC(=O)COc2ccc(Cl)cc2C(=O)c2cc(F)cc(C(F)(F)F)c2)c(C)c1F. The molecule has 0 bridgehead atoms. The molecule has 0 aliphatic heterocycles. The summed E-state index contributed by atoms with van der Waals surface area (Å²) in [5, 5.41) is 2.50. The van der Waals surface area contributed by atoms with Crippen molar-refractivity contribution in [3.8, 4) is 17.6 Å². The second-order valence-corrected chi connectivity index (χ2v) is 9.92. The van der Waals surface area contributed by atoms with Gasteiger partial charge in [-0.2, -0.15) is 13.2 Å². The number of alkyl halides is 3. The molecule has 12 heteroatoms. The molecule has 0 fully saturated rings. The number of carbonyl (C=O) groups excluding carboxylic acids is 3. The Hall–Kier alpha value is -4.43. The molecule has 0 unspecified atom stereocenters. The van der Waals surface area contributed by atoms with Gasteiger partial charge in [0.25, 0.3) is 5.91 Å². The average Bonchev–Trinajstić information content (AvgIpc) is 2.93. The maximum Gasteiger partial charge on any atom is 0.416 e. The van der Waals surface area contributed by atoms with Crippen molar-refractivity contribution in [2.75, 3.05) is 11.9 Å². The van der Waals surface area contributed by atoms with E-state index in [-0.39, 0.29) is 39.2 Å². The summed E-state index contributed by atoms with van der Waals surface area (Å²) in [7, 11) is 0. The molecule has 0 aromatic heterocycles. The number of hydrogen-bond donors (Lipinski definition) is 1. The zero-order chi connectivity index (χ0) is 33.4.